The van der Waals surface area contributed by atoms with E-state index in [1.165, 1.54) is 0 Å². The maximum atomic E-state index is 6.44. The fraction of sp³-hybridized carbons (Fsp3) is 0.538. The molecule has 0 aromatic heterocycles. The highest BCUT2D eigenvalue weighted by molar-refractivity contribution is 6.55. The number of halogens is 4. The summed E-state index contributed by atoms with van der Waals surface area (Å²) < 4.78 is 5.69. The van der Waals surface area contributed by atoms with Gasteiger partial charge in [0.15, 0.2) is 0 Å². The molecule has 0 amide bonds. The van der Waals surface area contributed by atoms with Crippen molar-refractivity contribution < 1.29 is 4.74 Å². The van der Waals surface area contributed by atoms with Crippen LogP contribution in [0.4, 0.5) is 0 Å². The van der Waals surface area contributed by atoms with Gasteiger partial charge in [-0.3, -0.25) is 4.90 Å². The number of hydrogen-bond acceptors (Lipinski definition) is 3. The lowest BCUT2D eigenvalue weighted by Crippen LogP contribution is -2.51. The quantitative estimate of drug-likeness (QED) is 0.782. The molecule has 2 unspecified atom stereocenters. The summed E-state index contributed by atoms with van der Waals surface area (Å²) in [6.07, 6.45) is 5.25. The van der Waals surface area contributed by atoms with Gasteiger partial charge in [-0.05, 0) is 18.2 Å². The Morgan fingerprint density at radius 1 is 1.40 bits per heavy atom. The van der Waals surface area contributed by atoms with Crippen LogP contribution < -0.4 is 5.32 Å². The maximum Gasteiger partial charge on any atom is 0.118 e. The molecule has 1 aliphatic heterocycles. The molecule has 1 fully saturated rings. The van der Waals surface area contributed by atoms with Crippen molar-refractivity contribution in [2.24, 2.45) is 0 Å². The Labute approximate surface area is 139 Å². The maximum absolute atomic E-state index is 6.44. The van der Waals surface area contributed by atoms with E-state index in [1.807, 2.05) is 12.2 Å². The number of piperazine rings is 1. The lowest BCUT2D eigenvalue weighted by Gasteiger charge is -2.37. The Morgan fingerprint density at radius 2 is 2.10 bits per heavy atom. The van der Waals surface area contributed by atoms with Gasteiger partial charge in [0.25, 0.3) is 0 Å². The minimum absolute atomic E-state index is 0.0138. The second-order valence-electron chi connectivity index (χ2n) is 4.58. The smallest absolute Gasteiger partial charge is 0.118 e. The van der Waals surface area contributed by atoms with E-state index in [0.717, 1.165) is 26.2 Å². The van der Waals surface area contributed by atoms with Gasteiger partial charge in [0, 0.05) is 31.2 Å². The number of nitrogens with zero attached hydrogens (tertiary/aromatic N) is 1. The minimum Gasteiger partial charge on any atom is -0.490 e. The van der Waals surface area contributed by atoms with Gasteiger partial charge < -0.3 is 10.1 Å². The van der Waals surface area contributed by atoms with E-state index in [-0.39, 0.29) is 22.5 Å². The van der Waals surface area contributed by atoms with Gasteiger partial charge >= 0.3 is 0 Å². The molecule has 0 bridgehead atoms. The Bertz CT molecular complexity index is 426. The molecule has 112 valence electrons. The number of allylic oxidation sites excluding steroid dienone is 1. The molecule has 2 aliphatic rings. The van der Waals surface area contributed by atoms with Crippen molar-refractivity contribution in [3.8, 4) is 0 Å². The third-order valence-corrected chi connectivity index (χ3v) is 4.23. The van der Waals surface area contributed by atoms with E-state index in [4.69, 9.17) is 51.1 Å². The molecule has 0 saturated carbocycles. The molecule has 2 rings (SSSR count). The van der Waals surface area contributed by atoms with Crippen LogP contribution in [0.2, 0.25) is 0 Å². The number of alkyl halides is 1. The van der Waals surface area contributed by atoms with Crippen molar-refractivity contribution in [1.82, 2.24) is 10.2 Å². The normalized spacial score (nSPS) is 27.6. The monoisotopic (exact) mass is 356 g/mol. The van der Waals surface area contributed by atoms with E-state index in [9.17, 15) is 0 Å². The average molecular weight is 358 g/mol. The predicted octanol–water partition coefficient (Wildman–Crippen LogP) is 3.22. The minimum atomic E-state index is -0.212. The fourth-order valence-electron chi connectivity index (χ4n) is 2.30. The first-order valence-corrected chi connectivity index (χ1v) is 7.96. The van der Waals surface area contributed by atoms with Gasteiger partial charge in [-0.25, -0.2) is 0 Å². The van der Waals surface area contributed by atoms with Crippen LogP contribution in [0.1, 0.15) is 0 Å². The summed E-state index contributed by atoms with van der Waals surface area (Å²) in [6.45, 7) is 4.07. The molecule has 7 heteroatoms. The topological polar surface area (TPSA) is 24.5 Å². The average Bonchev–Trinajstić information content (AvgIpc) is 2.38. The van der Waals surface area contributed by atoms with Gasteiger partial charge in [0.05, 0.1) is 11.4 Å². The van der Waals surface area contributed by atoms with E-state index < -0.39 is 0 Å². The first-order valence-electron chi connectivity index (χ1n) is 6.39. The van der Waals surface area contributed by atoms with Crippen LogP contribution >= 0.6 is 46.4 Å². The second-order valence-corrected chi connectivity index (χ2v) is 6.53. The predicted molar refractivity (Wildman–Crippen MR) is 85.6 cm³/mol. The van der Waals surface area contributed by atoms with Gasteiger partial charge in [-0.2, -0.15) is 0 Å². The Hall–Kier alpha value is 0.1000. The Morgan fingerprint density at radius 3 is 2.70 bits per heavy atom. The molecule has 2 atom stereocenters. The standard InChI is InChI=1S/C13H16Cl4N2O/c14-10-7-9(20-6-1-12(16)17)8-11(15)13(10)19-4-2-18-3-5-19/h1,7-8,10,13,18H,2-6H2. The number of ether oxygens (including phenoxy) is 1. The highest BCUT2D eigenvalue weighted by atomic mass is 35.5. The van der Waals surface area contributed by atoms with E-state index in [0.29, 0.717) is 10.8 Å². The lowest BCUT2D eigenvalue weighted by molar-refractivity contribution is 0.195. The van der Waals surface area contributed by atoms with Gasteiger partial charge in [-0.15, -0.1) is 11.6 Å². The first-order chi connectivity index (χ1) is 9.58. The summed E-state index contributed by atoms with van der Waals surface area (Å²) in [7, 11) is 0. The molecule has 0 spiro atoms. The molecule has 0 radical (unpaired) electrons. The van der Waals surface area contributed by atoms with Gasteiger partial charge in [-0.1, -0.05) is 34.8 Å². The van der Waals surface area contributed by atoms with Crippen LogP contribution in [0.3, 0.4) is 0 Å². The zero-order chi connectivity index (χ0) is 14.5. The van der Waals surface area contributed by atoms with Crippen molar-refractivity contribution in [2.75, 3.05) is 32.8 Å². The number of hydrogen-bond donors (Lipinski definition) is 1. The highest BCUT2D eigenvalue weighted by Crippen LogP contribution is 2.30. The van der Waals surface area contributed by atoms with E-state index in [2.05, 4.69) is 10.2 Å². The highest BCUT2D eigenvalue weighted by Gasteiger charge is 2.31. The van der Waals surface area contributed by atoms with Gasteiger partial charge in [0.1, 0.15) is 16.9 Å². The lowest BCUT2D eigenvalue weighted by atomic mass is 10.0. The van der Waals surface area contributed by atoms with Crippen LogP contribution in [0.25, 0.3) is 0 Å². The van der Waals surface area contributed by atoms with Crippen LogP contribution in [0.15, 0.2) is 33.5 Å². The van der Waals surface area contributed by atoms with Crippen molar-refractivity contribution in [3.63, 3.8) is 0 Å². The zero-order valence-electron chi connectivity index (χ0n) is 10.8. The zero-order valence-corrected chi connectivity index (χ0v) is 13.8. The summed E-state index contributed by atoms with van der Waals surface area (Å²) >= 11 is 23.9. The number of nitrogens with one attached hydrogen (secondary N) is 1. The Balaban J connectivity index is 1.98. The third kappa shape index (κ3) is 4.55. The van der Waals surface area contributed by atoms with Crippen LogP contribution in [-0.2, 0) is 4.74 Å². The molecule has 0 aromatic rings. The first kappa shape index (κ1) is 16.5. The third-order valence-electron chi connectivity index (χ3n) is 3.22. The molecule has 1 heterocycles. The van der Waals surface area contributed by atoms with Crippen LogP contribution in [0.5, 0.6) is 0 Å². The molecule has 1 saturated heterocycles. The summed E-state index contributed by atoms with van der Waals surface area (Å²) in [5.41, 5.74) is 0. The van der Waals surface area contributed by atoms with Crippen molar-refractivity contribution in [3.05, 3.63) is 33.5 Å². The van der Waals surface area contributed by atoms with Gasteiger partial charge in [0.2, 0.25) is 0 Å². The molecule has 1 aliphatic carbocycles. The summed E-state index contributed by atoms with van der Waals surface area (Å²) in [5.74, 6) is 0.646. The van der Waals surface area contributed by atoms with Crippen molar-refractivity contribution in [2.45, 2.75) is 11.4 Å². The summed E-state index contributed by atoms with van der Waals surface area (Å²) in [5, 5.41) is 3.80. The Kier molecular flexibility index (Phi) is 6.53. The molecular weight excluding hydrogens is 342 g/mol. The van der Waals surface area contributed by atoms with Crippen LogP contribution in [-0.4, -0.2) is 49.1 Å². The number of rotatable bonds is 4. The van der Waals surface area contributed by atoms with E-state index in [1.54, 1.807) is 6.08 Å². The van der Waals surface area contributed by atoms with Crippen molar-refractivity contribution in [1.29, 1.82) is 0 Å². The summed E-state index contributed by atoms with van der Waals surface area (Å²) in [4.78, 5) is 2.29. The largest absolute Gasteiger partial charge is 0.490 e. The second kappa shape index (κ2) is 7.92. The molecule has 0 aromatic carbocycles. The SMILES string of the molecule is ClC(Cl)=CCOC1=CC(Cl)C(N2CCNCC2)C(Cl)=C1. The molecule has 3 nitrogen and oxygen atoms in total. The fourth-order valence-corrected chi connectivity index (χ4v) is 3.29. The summed E-state index contributed by atoms with van der Waals surface area (Å²) in [6, 6.07) is 0.0138. The van der Waals surface area contributed by atoms with Crippen LogP contribution in [0, 0.1) is 0 Å². The van der Waals surface area contributed by atoms with E-state index >= 15 is 0 Å². The molecular formula is C13H16Cl4N2O. The van der Waals surface area contributed by atoms with Crippen molar-refractivity contribution >= 4 is 46.4 Å². The molecule has 1 N–H and O–H groups in total. The molecule has 20 heavy (non-hydrogen) atoms.